The fourth-order valence-corrected chi connectivity index (χ4v) is 29.3. The smallest absolute Gasteiger partial charge is 0.154 e. The maximum absolute atomic E-state index is 15.1. The van der Waals surface area contributed by atoms with Gasteiger partial charge in [0.25, 0.3) is 0 Å². The molecule has 0 bridgehead atoms. The molecule has 1 aliphatic rings. The number of benzene rings is 19. The number of pyridine rings is 4. The fourth-order valence-electron chi connectivity index (χ4n) is 18.8. The van der Waals surface area contributed by atoms with Gasteiger partial charge >= 0.3 is 0 Å². The molecule has 0 fully saturated rings. The monoisotopic (exact) mass is 2530 g/mol. The average molecular weight is 2520 g/mol. The Morgan fingerprint density at radius 2 is 0.637 bits per heavy atom. The molecule has 0 aliphatic heterocycles. The standard InChI is InChI=1S/C33H29NOP.2C29H19NOP.C29H19NP.4Ir/c1-32(2)28-22-26(36(35,24-14-7-5-8-15-24)25-16-9-6-10-17-25)19-20-27(28)31-29(33(32,3)4)21-23-13-11-12-18-30(23)34-31;31-32(23-11-3-1-4-12-23,24-13-5-2-6-14-24)28-17-9-15-26-25(28)19-18-22-20-21-10-7-8-16-27(21)30-29(22)26;31-32(24-10-3-1-4-11-24,25-12-5-2-6-13-25)26-17-18-27-21(20-26)15-16-23-19-22-9-7-8-14-28(22)30-29(23)27;1-3-11-22(12-4-1)31(23-13-5-2-6-14-23)28-17-9-16-26-25(28)18-19-27-24-15-8-7-10-21(24)20-30-29(26)27;;;;/h5-19,21-22H,1-4H3;1-14,16-20H;1-17,19-20H;1-15,17-20H;;;;/q4*-1;;;;. The Balaban J connectivity index is 0.000000124. The average Bonchev–Trinajstić information content (AvgIpc) is 0.697. The Kier molecular flexibility index (Phi) is 28.2. The summed E-state index contributed by atoms with van der Waals surface area (Å²) in [6.07, 6.45) is 1.98. The van der Waals surface area contributed by atoms with Gasteiger partial charge in [-0.05, 0) is 113 Å². The summed E-state index contributed by atoms with van der Waals surface area (Å²) in [5.41, 5.74) is 9.66. The first-order valence-corrected chi connectivity index (χ1v) is 50.5. The summed E-state index contributed by atoms with van der Waals surface area (Å²) in [5, 5.41) is 26.6. The van der Waals surface area contributed by atoms with Crippen molar-refractivity contribution < 1.29 is 94.1 Å². The van der Waals surface area contributed by atoms with Gasteiger partial charge in [-0.25, -0.2) is 0 Å². The molecule has 0 saturated heterocycles. The quantitative estimate of drug-likeness (QED) is 0.0519. The van der Waals surface area contributed by atoms with Crippen LogP contribution in [0.25, 0.3) is 120 Å². The molecule has 0 amide bonds. The molecule has 23 aromatic rings. The molecule has 4 heterocycles. The van der Waals surface area contributed by atoms with E-state index < -0.39 is 29.3 Å². The van der Waals surface area contributed by atoms with E-state index in [2.05, 4.69) is 240 Å². The second kappa shape index (κ2) is 40.2. The Labute approximate surface area is 841 Å². The molecule has 19 aromatic carbocycles. The van der Waals surface area contributed by atoms with Crippen LogP contribution in [0.4, 0.5) is 0 Å². The third kappa shape index (κ3) is 17.5. The summed E-state index contributed by atoms with van der Waals surface area (Å²) in [4.78, 5) is 19.9. The molecule has 135 heavy (non-hydrogen) atoms. The summed E-state index contributed by atoms with van der Waals surface area (Å²) in [6, 6.07) is 163. The summed E-state index contributed by atoms with van der Waals surface area (Å²) >= 11 is 0. The van der Waals surface area contributed by atoms with E-state index in [4.69, 9.17) is 19.9 Å². The van der Waals surface area contributed by atoms with Crippen LogP contribution in [0.3, 0.4) is 0 Å². The van der Waals surface area contributed by atoms with E-state index in [1.165, 1.54) is 43.0 Å². The Morgan fingerprint density at radius 1 is 0.267 bits per heavy atom. The minimum Gasteiger partial charge on any atom is -0.319 e. The molecule has 0 atom stereocenters. The predicted molar refractivity (Wildman–Crippen MR) is 556 cm³/mol. The SMILES string of the molecule is CC1(C)c2cc(P(=O)(c3ccccc3)c3ccccc3)c[c-]c2-c2nc3ccccc3cc2C1(C)C.O=P(c1ccccc1)(c1ccccc1)c1c[c-]c2c(ccc3cc4ccccc4nc32)c1.O=P(c1ccccc1)(c1ccccc1)c1cc[c-]c2c1ccc1cc3ccccc3nc12.[Ir].[Ir].[Ir].[Ir].[c-]1ccc(P(c2ccccc2)c2ccccc2)c2ccc3c4ccccc4cnc3c12. The van der Waals surface area contributed by atoms with Gasteiger partial charge in [-0.15, -0.1) is 105 Å². The molecule has 24 rings (SSSR count). The maximum atomic E-state index is 15.1. The largest absolute Gasteiger partial charge is 0.319 e. The number of aromatic nitrogens is 4. The Morgan fingerprint density at radius 3 is 1.14 bits per heavy atom. The first-order chi connectivity index (χ1) is 64.1. The molecule has 0 saturated carbocycles. The first kappa shape index (κ1) is 94.8. The molecule has 0 unspecified atom stereocenters. The first-order valence-electron chi connectivity index (χ1n) is 44.0. The van der Waals surface area contributed by atoms with Crippen molar-refractivity contribution in [3.05, 3.63) is 484 Å². The number of hydrogen-bond donors (Lipinski definition) is 0. The van der Waals surface area contributed by atoms with E-state index in [1.54, 1.807) is 0 Å². The van der Waals surface area contributed by atoms with Crippen molar-refractivity contribution >= 4 is 202 Å². The van der Waals surface area contributed by atoms with Gasteiger partial charge in [0.15, 0.2) is 7.14 Å². The van der Waals surface area contributed by atoms with Gasteiger partial charge in [0.2, 0.25) is 0 Å². The van der Waals surface area contributed by atoms with E-state index >= 15 is 4.57 Å². The van der Waals surface area contributed by atoms with Gasteiger partial charge in [0, 0.05) is 118 Å². The topological polar surface area (TPSA) is 103 Å². The number of rotatable bonds is 12. The van der Waals surface area contributed by atoms with E-state index in [0.29, 0.717) is 0 Å². The molecule has 4 radical (unpaired) electrons. The van der Waals surface area contributed by atoms with Crippen molar-refractivity contribution in [2.24, 2.45) is 0 Å². The third-order valence-corrected chi connectivity index (χ3v) is 37.9. The van der Waals surface area contributed by atoms with Crippen LogP contribution in [0.2, 0.25) is 0 Å². The van der Waals surface area contributed by atoms with Gasteiger partial charge in [0.1, 0.15) is 14.3 Å². The van der Waals surface area contributed by atoms with Crippen molar-refractivity contribution in [3.63, 3.8) is 0 Å². The van der Waals surface area contributed by atoms with Crippen LogP contribution in [-0.2, 0) is 105 Å². The van der Waals surface area contributed by atoms with Gasteiger partial charge in [0.05, 0.1) is 16.6 Å². The normalized spacial score (nSPS) is 12.5. The minimum absolute atomic E-state index is 0. The molecule has 664 valence electrons. The van der Waals surface area contributed by atoms with Gasteiger partial charge < -0.3 is 18.7 Å². The van der Waals surface area contributed by atoms with Crippen molar-refractivity contribution in [2.45, 2.75) is 38.5 Å². The molecule has 0 spiro atoms. The summed E-state index contributed by atoms with van der Waals surface area (Å²) < 4.78 is 44.7. The third-order valence-electron chi connectivity index (χ3n) is 26.2. The summed E-state index contributed by atoms with van der Waals surface area (Å²) in [6.45, 7) is 9.17. The molecule has 0 N–H and O–H groups in total. The molecule has 4 aromatic heterocycles. The van der Waals surface area contributed by atoms with E-state index in [-0.39, 0.29) is 91.3 Å². The minimum atomic E-state index is -3.10. The zero-order chi connectivity index (χ0) is 88.8. The van der Waals surface area contributed by atoms with Crippen LogP contribution >= 0.6 is 29.3 Å². The van der Waals surface area contributed by atoms with Gasteiger partial charge in [-0.3, -0.25) is 15.0 Å². The van der Waals surface area contributed by atoms with Gasteiger partial charge in [-0.2, -0.15) is 0 Å². The zero-order valence-corrected chi connectivity index (χ0v) is 87.0. The van der Waals surface area contributed by atoms with Crippen LogP contribution in [0.1, 0.15) is 38.8 Å². The molecular weight excluding hydrogens is 2440 g/mol. The molecule has 7 nitrogen and oxygen atoms in total. The van der Waals surface area contributed by atoms with Crippen LogP contribution in [-0.4, -0.2) is 19.9 Å². The maximum Gasteiger partial charge on any atom is 0.154 e. The Hall–Kier alpha value is -11.9. The number of para-hydroxylation sites is 3. The van der Waals surface area contributed by atoms with E-state index in [0.717, 1.165) is 152 Å². The van der Waals surface area contributed by atoms with Crippen LogP contribution in [0, 0.1) is 24.3 Å². The second-order valence-electron chi connectivity index (χ2n) is 34.2. The van der Waals surface area contributed by atoms with Crippen LogP contribution in [0.15, 0.2) is 449 Å². The van der Waals surface area contributed by atoms with E-state index in [9.17, 15) is 9.13 Å². The zero-order valence-electron chi connectivity index (χ0n) is 73.9. The van der Waals surface area contributed by atoms with Gasteiger partial charge in [-0.1, -0.05) is 441 Å². The van der Waals surface area contributed by atoms with Crippen LogP contribution in [0.5, 0.6) is 0 Å². The molecule has 1 aliphatic carbocycles. The molecule has 15 heteroatoms. The fraction of sp³-hybridized carbons (Fsp3) is 0.0500. The van der Waals surface area contributed by atoms with Crippen LogP contribution < -0.4 is 63.7 Å². The number of nitrogens with zero attached hydrogens (tertiary/aromatic N) is 4. The number of hydrogen-bond acceptors (Lipinski definition) is 7. The Bertz CT molecular complexity index is 8300. The van der Waals surface area contributed by atoms with Crippen molar-refractivity contribution in [1.82, 2.24) is 19.9 Å². The van der Waals surface area contributed by atoms with Crippen molar-refractivity contribution in [1.29, 1.82) is 0 Å². The summed E-state index contributed by atoms with van der Waals surface area (Å²) in [5.74, 6) is 0. The number of fused-ring (bicyclic) bond motifs is 17. The molecular formula is C120H86Ir4N4O3P4-4. The van der Waals surface area contributed by atoms with E-state index in [1.807, 2.05) is 261 Å². The second-order valence-corrected chi connectivity index (χ2v) is 44.6. The van der Waals surface area contributed by atoms with Crippen molar-refractivity contribution in [2.75, 3.05) is 0 Å². The van der Waals surface area contributed by atoms with Crippen molar-refractivity contribution in [3.8, 4) is 11.3 Å². The predicted octanol–water partition coefficient (Wildman–Crippen LogP) is 25.0. The summed E-state index contributed by atoms with van der Waals surface area (Å²) in [7, 11) is -9.91.